The Hall–Kier alpha value is -2.31. The third-order valence-corrected chi connectivity index (χ3v) is 4.02. The number of methoxy groups -OCH3 is 1. The zero-order valence-corrected chi connectivity index (χ0v) is 15.5. The molecule has 0 fully saturated rings. The number of esters is 1. The summed E-state index contributed by atoms with van der Waals surface area (Å²) in [5.41, 5.74) is 0.378. The van der Waals surface area contributed by atoms with E-state index in [-0.39, 0.29) is 10.8 Å². The lowest BCUT2D eigenvalue weighted by molar-refractivity contribution is -0.146. The average molecular weight is 400 g/mol. The van der Waals surface area contributed by atoms with Crippen molar-refractivity contribution < 1.29 is 23.5 Å². The summed E-state index contributed by atoms with van der Waals surface area (Å²) in [6, 6.07) is 8.64. The lowest BCUT2D eigenvalue weighted by atomic mass is 10.1. The maximum Gasteiger partial charge on any atom is 0.333 e. The SMILES string of the molecule is COC(=O)C(NC(=O)C(C)Oc1ccc(Cl)cc1Cl)c1ccc(F)cc1. The first-order chi connectivity index (χ1) is 12.3. The van der Waals surface area contributed by atoms with Crippen LogP contribution < -0.4 is 10.1 Å². The number of hydrogen-bond acceptors (Lipinski definition) is 4. The van der Waals surface area contributed by atoms with Gasteiger partial charge in [-0.05, 0) is 42.8 Å². The quantitative estimate of drug-likeness (QED) is 0.747. The Balaban J connectivity index is 2.12. The average Bonchev–Trinajstić information content (AvgIpc) is 2.62. The fraction of sp³-hybridized carbons (Fsp3) is 0.222. The Bertz CT molecular complexity index is 798. The van der Waals surface area contributed by atoms with E-state index in [0.29, 0.717) is 10.6 Å². The number of rotatable bonds is 6. The maximum absolute atomic E-state index is 13.1. The van der Waals surface area contributed by atoms with Crippen molar-refractivity contribution in [3.05, 3.63) is 63.9 Å². The highest BCUT2D eigenvalue weighted by Gasteiger charge is 2.27. The molecule has 0 bridgehead atoms. The van der Waals surface area contributed by atoms with Gasteiger partial charge in [-0.25, -0.2) is 9.18 Å². The molecule has 2 aromatic rings. The van der Waals surface area contributed by atoms with Crippen molar-refractivity contribution in [2.45, 2.75) is 19.1 Å². The van der Waals surface area contributed by atoms with Crippen molar-refractivity contribution in [1.29, 1.82) is 0 Å². The summed E-state index contributed by atoms with van der Waals surface area (Å²) < 4.78 is 23.3. The van der Waals surface area contributed by atoms with Gasteiger partial charge in [0.1, 0.15) is 11.6 Å². The van der Waals surface area contributed by atoms with Crippen LogP contribution in [0.4, 0.5) is 4.39 Å². The highest BCUT2D eigenvalue weighted by atomic mass is 35.5. The number of carbonyl (C=O) groups is 2. The molecule has 0 radical (unpaired) electrons. The summed E-state index contributed by atoms with van der Waals surface area (Å²) in [7, 11) is 1.19. The topological polar surface area (TPSA) is 64.6 Å². The first-order valence-corrected chi connectivity index (χ1v) is 8.32. The number of halogens is 3. The fourth-order valence-corrected chi connectivity index (χ4v) is 2.58. The normalized spacial score (nSPS) is 12.8. The largest absolute Gasteiger partial charge is 0.479 e. The molecule has 0 aromatic heterocycles. The summed E-state index contributed by atoms with van der Waals surface area (Å²) in [6.45, 7) is 1.50. The Kier molecular flexibility index (Phi) is 6.83. The van der Waals surface area contributed by atoms with Crippen LogP contribution in [0.25, 0.3) is 0 Å². The lowest BCUT2D eigenvalue weighted by Gasteiger charge is -2.20. The zero-order chi connectivity index (χ0) is 19.3. The van der Waals surface area contributed by atoms with Gasteiger partial charge in [0, 0.05) is 5.02 Å². The third-order valence-electron chi connectivity index (χ3n) is 3.49. The fourth-order valence-electron chi connectivity index (χ4n) is 2.13. The smallest absolute Gasteiger partial charge is 0.333 e. The Morgan fingerprint density at radius 1 is 1.12 bits per heavy atom. The van der Waals surface area contributed by atoms with Gasteiger partial charge in [-0.3, -0.25) is 4.79 Å². The van der Waals surface area contributed by atoms with Gasteiger partial charge in [0.05, 0.1) is 12.1 Å². The van der Waals surface area contributed by atoms with Crippen LogP contribution in [0.1, 0.15) is 18.5 Å². The molecule has 0 saturated carbocycles. The molecule has 1 N–H and O–H groups in total. The van der Waals surface area contributed by atoms with E-state index in [2.05, 4.69) is 5.32 Å². The molecule has 2 aromatic carbocycles. The second kappa shape index (κ2) is 8.87. The van der Waals surface area contributed by atoms with Crippen LogP contribution in [0.3, 0.4) is 0 Å². The molecule has 8 heteroatoms. The molecule has 0 aliphatic heterocycles. The summed E-state index contributed by atoms with van der Waals surface area (Å²) in [5, 5.41) is 3.21. The van der Waals surface area contributed by atoms with E-state index < -0.39 is 29.8 Å². The van der Waals surface area contributed by atoms with Gasteiger partial charge in [-0.1, -0.05) is 35.3 Å². The molecular weight excluding hydrogens is 384 g/mol. The van der Waals surface area contributed by atoms with Crippen molar-refractivity contribution in [3.63, 3.8) is 0 Å². The molecule has 2 unspecified atom stereocenters. The minimum Gasteiger partial charge on any atom is -0.479 e. The number of hydrogen-bond donors (Lipinski definition) is 1. The van der Waals surface area contributed by atoms with Crippen LogP contribution in [0.2, 0.25) is 10.0 Å². The summed E-state index contributed by atoms with van der Waals surface area (Å²) in [4.78, 5) is 24.4. The molecule has 0 heterocycles. The number of benzene rings is 2. The van der Waals surface area contributed by atoms with Crippen LogP contribution in [0.15, 0.2) is 42.5 Å². The first kappa shape index (κ1) is 20.0. The van der Waals surface area contributed by atoms with E-state index in [4.69, 9.17) is 32.7 Å². The highest BCUT2D eigenvalue weighted by molar-refractivity contribution is 6.35. The minimum atomic E-state index is -1.10. The van der Waals surface area contributed by atoms with Crippen molar-refractivity contribution in [3.8, 4) is 5.75 Å². The van der Waals surface area contributed by atoms with Crippen molar-refractivity contribution in [1.82, 2.24) is 5.32 Å². The highest BCUT2D eigenvalue weighted by Crippen LogP contribution is 2.28. The molecule has 0 spiro atoms. The van der Waals surface area contributed by atoms with Gasteiger partial charge < -0.3 is 14.8 Å². The molecule has 138 valence electrons. The van der Waals surface area contributed by atoms with Crippen LogP contribution in [0.5, 0.6) is 5.75 Å². The number of nitrogens with one attached hydrogen (secondary N) is 1. The van der Waals surface area contributed by atoms with Crippen molar-refractivity contribution in [2.75, 3.05) is 7.11 Å². The molecule has 2 atom stereocenters. The van der Waals surface area contributed by atoms with E-state index in [1.807, 2.05) is 0 Å². The van der Waals surface area contributed by atoms with E-state index in [9.17, 15) is 14.0 Å². The van der Waals surface area contributed by atoms with E-state index in [1.54, 1.807) is 6.07 Å². The van der Waals surface area contributed by atoms with Gasteiger partial charge >= 0.3 is 5.97 Å². The molecule has 0 aliphatic rings. The molecule has 0 aliphatic carbocycles. The van der Waals surface area contributed by atoms with E-state index >= 15 is 0 Å². The lowest BCUT2D eigenvalue weighted by Crippen LogP contribution is -2.41. The van der Waals surface area contributed by atoms with Crippen LogP contribution >= 0.6 is 23.2 Å². The molecule has 2 rings (SSSR count). The molecular formula is C18H16Cl2FNO4. The monoisotopic (exact) mass is 399 g/mol. The van der Waals surface area contributed by atoms with Gasteiger partial charge in [0.2, 0.25) is 0 Å². The maximum atomic E-state index is 13.1. The van der Waals surface area contributed by atoms with Crippen LogP contribution in [-0.2, 0) is 14.3 Å². The Labute approximate surface area is 160 Å². The molecule has 0 saturated heterocycles. The van der Waals surface area contributed by atoms with E-state index in [0.717, 1.165) is 0 Å². The number of amides is 1. The Morgan fingerprint density at radius 3 is 2.35 bits per heavy atom. The summed E-state index contributed by atoms with van der Waals surface area (Å²) >= 11 is 11.8. The van der Waals surface area contributed by atoms with E-state index in [1.165, 1.54) is 50.4 Å². The third kappa shape index (κ3) is 5.09. The molecule has 1 amide bonds. The van der Waals surface area contributed by atoms with Gasteiger partial charge in [-0.2, -0.15) is 0 Å². The summed E-state index contributed by atoms with van der Waals surface area (Å²) in [6.07, 6.45) is -0.957. The van der Waals surface area contributed by atoms with Crippen molar-refractivity contribution >= 4 is 35.1 Å². The van der Waals surface area contributed by atoms with Gasteiger partial charge in [0.25, 0.3) is 5.91 Å². The molecule has 26 heavy (non-hydrogen) atoms. The van der Waals surface area contributed by atoms with Gasteiger partial charge in [-0.15, -0.1) is 0 Å². The predicted octanol–water partition coefficient (Wildman–Crippen LogP) is 3.93. The van der Waals surface area contributed by atoms with Crippen LogP contribution in [0, 0.1) is 5.82 Å². The van der Waals surface area contributed by atoms with Crippen LogP contribution in [-0.4, -0.2) is 25.1 Å². The standard InChI is InChI=1S/C18H16Cl2FNO4/c1-10(26-15-8-5-12(19)9-14(15)20)17(23)22-16(18(24)25-2)11-3-6-13(21)7-4-11/h3-10,16H,1-2H3,(H,22,23). The second-order valence-corrected chi connectivity index (χ2v) is 6.19. The number of carbonyl (C=O) groups excluding carboxylic acids is 2. The zero-order valence-electron chi connectivity index (χ0n) is 14.0. The minimum absolute atomic E-state index is 0.250. The second-order valence-electron chi connectivity index (χ2n) is 5.35. The Morgan fingerprint density at radius 2 is 1.77 bits per heavy atom. The van der Waals surface area contributed by atoms with Crippen molar-refractivity contribution in [2.24, 2.45) is 0 Å². The summed E-state index contributed by atoms with van der Waals surface area (Å²) in [5.74, 6) is -1.45. The predicted molar refractivity (Wildman–Crippen MR) is 95.9 cm³/mol. The van der Waals surface area contributed by atoms with Gasteiger partial charge in [0.15, 0.2) is 12.1 Å². The first-order valence-electron chi connectivity index (χ1n) is 7.57. The molecule has 5 nitrogen and oxygen atoms in total. The number of ether oxygens (including phenoxy) is 2.